The molecule has 0 bridgehead atoms. The lowest BCUT2D eigenvalue weighted by Gasteiger charge is -2.22. The van der Waals surface area contributed by atoms with Crippen molar-refractivity contribution in [3.63, 3.8) is 0 Å². The van der Waals surface area contributed by atoms with E-state index in [2.05, 4.69) is 5.32 Å². The molecule has 23 heavy (non-hydrogen) atoms. The van der Waals surface area contributed by atoms with Gasteiger partial charge in [-0.15, -0.1) is 0 Å². The maximum Gasteiger partial charge on any atom is 0.321 e. The summed E-state index contributed by atoms with van der Waals surface area (Å²) in [6.07, 6.45) is 2.24. The second kappa shape index (κ2) is 7.00. The Morgan fingerprint density at radius 1 is 0.913 bits per heavy atom. The van der Waals surface area contributed by atoms with Gasteiger partial charge in [-0.3, -0.25) is 4.79 Å². The monoisotopic (exact) mass is 313 g/mol. The molecule has 3 rings (SSSR count). The summed E-state index contributed by atoms with van der Waals surface area (Å²) < 4.78 is 5.16. The van der Waals surface area contributed by atoms with Gasteiger partial charge in [0.25, 0.3) is 5.91 Å². The fraction of sp³-hybridized carbons (Fsp3) is 0.294. The summed E-state index contributed by atoms with van der Waals surface area (Å²) in [7, 11) is 0. The van der Waals surface area contributed by atoms with Gasteiger partial charge in [0.1, 0.15) is 0 Å². The molecule has 1 saturated heterocycles. The number of anilines is 1. The SMILES string of the molecule is O=C(Nc1ccccc1)N1CCCN(C(=O)c2ccco2)CC1. The third kappa shape index (κ3) is 3.71. The molecule has 0 radical (unpaired) electrons. The van der Waals surface area contributed by atoms with Crippen LogP contribution in [0.2, 0.25) is 0 Å². The lowest BCUT2D eigenvalue weighted by Crippen LogP contribution is -2.39. The van der Waals surface area contributed by atoms with Gasteiger partial charge >= 0.3 is 6.03 Å². The zero-order valence-corrected chi connectivity index (χ0v) is 12.8. The van der Waals surface area contributed by atoms with Gasteiger partial charge in [0.2, 0.25) is 0 Å². The van der Waals surface area contributed by atoms with Crippen LogP contribution in [0.1, 0.15) is 17.0 Å². The Hall–Kier alpha value is -2.76. The molecule has 2 heterocycles. The lowest BCUT2D eigenvalue weighted by atomic mass is 10.3. The summed E-state index contributed by atoms with van der Waals surface area (Å²) in [5, 5.41) is 2.88. The number of hydrogen-bond donors (Lipinski definition) is 1. The van der Waals surface area contributed by atoms with Crippen molar-refractivity contribution in [2.75, 3.05) is 31.5 Å². The standard InChI is InChI=1S/C17H19N3O3/c21-16(15-8-4-13-23-15)19-9-5-10-20(12-11-19)17(22)18-14-6-2-1-3-7-14/h1-4,6-8,13H,5,9-12H2,(H,18,22). The Morgan fingerprint density at radius 2 is 1.65 bits per heavy atom. The van der Waals surface area contributed by atoms with Crippen LogP contribution in [0.15, 0.2) is 53.1 Å². The molecular formula is C17H19N3O3. The molecular weight excluding hydrogens is 294 g/mol. The minimum absolute atomic E-state index is 0.125. The van der Waals surface area contributed by atoms with Crippen molar-refractivity contribution in [3.05, 3.63) is 54.5 Å². The highest BCUT2D eigenvalue weighted by Crippen LogP contribution is 2.12. The van der Waals surface area contributed by atoms with E-state index in [1.54, 1.807) is 21.9 Å². The highest BCUT2D eigenvalue weighted by molar-refractivity contribution is 5.92. The summed E-state index contributed by atoms with van der Waals surface area (Å²) >= 11 is 0. The first kappa shape index (κ1) is 15.1. The maximum atomic E-state index is 12.3. The molecule has 1 N–H and O–H groups in total. The minimum atomic E-state index is -0.136. The Bertz CT molecular complexity index is 655. The highest BCUT2D eigenvalue weighted by Gasteiger charge is 2.24. The first-order valence-corrected chi connectivity index (χ1v) is 7.68. The Balaban J connectivity index is 1.58. The highest BCUT2D eigenvalue weighted by atomic mass is 16.3. The fourth-order valence-electron chi connectivity index (χ4n) is 2.60. The second-order valence-electron chi connectivity index (χ2n) is 5.41. The van der Waals surface area contributed by atoms with Gasteiger partial charge in [0, 0.05) is 31.9 Å². The first-order chi connectivity index (χ1) is 11.2. The number of carbonyl (C=O) groups is 2. The zero-order chi connectivity index (χ0) is 16.1. The van der Waals surface area contributed by atoms with Crippen LogP contribution in [0.5, 0.6) is 0 Å². The molecule has 1 aromatic heterocycles. The summed E-state index contributed by atoms with van der Waals surface area (Å²) in [5.41, 5.74) is 0.769. The van der Waals surface area contributed by atoms with Crippen LogP contribution in [-0.4, -0.2) is 47.9 Å². The van der Waals surface area contributed by atoms with E-state index < -0.39 is 0 Å². The minimum Gasteiger partial charge on any atom is -0.459 e. The molecule has 6 nitrogen and oxygen atoms in total. The van der Waals surface area contributed by atoms with Crippen LogP contribution in [0.3, 0.4) is 0 Å². The number of rotatable bonds is 2. The van der Waals surface area contributed by atoms with Gasteiger partial charge in [-0.2, -0.15) is 0 Å². The van der Waals surface area contributed by atoms with E-state index >= 15 is 0 Å². The molecule has 3 amide bonds. The quantitative estimate of drug-likeness (QED) is 0.927. The fourth-order valence-corrected chi connectivity index (χ4v) is 2.60. The van der Waals surface area contributed by atoms with Gasteiger partial charge in [-0.25, -0.2) is 4.79 Å². The van der Waals surface area contributed by atoms with Gasteiger partial charge in [-0.05, 0) is 30.7 Å². The number of nitrogens with zero attached hydrogens (tertiary/aromatic N) is 2. The van der Waals surface area contributed by atoms with Crippen molar-refractivity contribution in [2.45, 2.75) is 6.42 Å². The zero-order valence-electron chi connectivity index (χ0n) is 12.8. The van der Waals surface area contributed by atoms with E-state index in [0.29, 0.717) is 31.9 Å². The van der Waals surface area contributed by atoms with Crippen LogP contribution in [0.4, 0.5) is 10.5 Å². The predicted molar refractivity (Wildman–Crippen MR) is 86.3 cm³/mol. The average Bonchev–Trinajstić information content (AvgIpc) is 2.99. The molecule has 2 aromatic rings. The second-order valence-corrected chi connectivity index (χ2v) is 5.41. The summed E-state index contributed by atoms with van der Waals surface area (Å²) in [6, 6.07) is 12.6. The molecule has 1 fully saturated rings. The van der Waals surface area contributed by atoms with E-state index in [-0.39, 0.29) is 11.9 Å². The third-order valence-electron chi connectivity index (χ3n) is 3.83. The molecule has 0 spiro atoms. The normalized spacial score (nSPS) is 15.1. The Labute approximate surface area is 134 Å². The number of urea groups is 1. The molecule has 0 aliphatic carbocycles. The van der Waals surface area contributed by atoms with E-state index in [1.165, 1.54) is 6.26 Å². The van der Waals surface area contributed by atoms with Crippen LogP contribution < -0.4 is 5.32 Å². The molecule has 0 atom stereocenters. The van der Waals surface area contributed by atoms with E-state index in [9.17, 15) is 9.59 Å². The third-order valence-corrected chi connectivity index (χ3v) is 3.83. The number of benzene rings is 1. The number of amides is 3. The van der Waals surface area contributed by atoms with Crippen LogP contribution in [-0.2, 0) is 0 Å². The van der Waals surface area contributed by atoms with Gasteiger partial charge < -0.3 is 19.5 Å². The topological polar surface area (TPSA) is 65.8 Å². The van der Waals surface area contributed by atoms with E-state index in [4.69, 9.17) is 4.42 Å². The summed E-state index contributed by atoms with van der Waals surface area (Å²) in [6.45, 7) is 2.25. The molecule has 1 aliphatic rings. The van der Waals surface area contributed by atoms with Crippen molar-refractivity contribution >= 4 is 17.6 Å². The molecule has 0 unspecified atom stereocenters. The smallest absolute Gasteiger partial charge is 0.321 e. The number of carbonyl (C=O) groups excluding carboxylic acids is 2. The number of furan rings is 1. The Morgan fingerprint density at radius 3 is 2.39 bits per heavy atom. The summed E-state index contributed by atoms with van der Waals surface area (Å²) in [5.74, 6) is 0.215. The summed E-state index contributed by atoms with van der Waals surface area (Å²) in [4.78, 5) is 28.1. The molecule has 0 saturated carbocycles. The van der Waals surface area contributed by atoms with Gasteiger partial charge in [0.05, 0.1) is 6.26 Å². The van der Waals surface area contributed by atoms with Gasteiger partial charge in [-0.1, -0.05) is 18.2 Å². The molecule has 6 heteroatoms. The molecule has 1 aliphatic heterocycles. The van der Waals surface area contributed by atoms with Crippen molar-refractivity contribution in [3.8, 4) is 0 Å². The van der Waals surface area contributed by atoms with E-state index in [0.717, 1.165) is 12.1 Å². The number of nitrogens with one attached hydrogen (secondary N) is 1. The van der Waals surface area contributed by atoms with Crippen LogP contribution in [0.25, 0.3) is 0 Å². The van der Waals surface area contributed by atoms with Crippen LogP contribution in [0, 0.1) is 0 Å². The van der Waals surface area contributed by atoms with Gasteiger partial charge in [0.15, 0.2) is 5.76 Å². The van der Waals surface area contributed by atoms with Crippen molar-refractivity contribution in [1.82, 2.24) is 9.80 Å². The first-order valence-electron chi connectivity index (χ1n) is 7.68. The van der Waals surface area contributed by atoms with Crippen molar-refractivity contribution in [1.29, 1.82) is 0 Å². The number of hydrogen-bond acceptors (Lipinski definition) is 3. The van der Waals surface area contributed by atoms with Crippen LogP contribution >= 0.6 is 0 Å². The average molecular weight is 313 g/mol. The maximum absolute atomic E-state index is 12.3. The van der Waals surface area contributed by atoms with Crippen molar-refractivity contribution < 1.29 is 14.0 Å². The predicted octanol–water partition coefficient (Wildman–Crippen LogP) is 2.66. The lowest BCUT2D eigenvalue weighted by molar-refractivity contribution is 0.0731. The largest absolute Gasteiger partial charge is 0.459 e. The number of para-hydroxylation sites is 1. The van der Waals surface area contributed by atoms with Crippen molar-refractivity contribution in [2.24, 2.45) is 0 Å². The Kier molecular flexibility index (Phi) is 4.61. The molecule has 1 aromatic carbocycles. The van der Waals surface area contributed by atoms with E-state index in [1.807, 2.05) is 30.3 Å². The molecule has 120 valence electrons.